The highest BCUT2D eigenvalue weighted by Gasteiger charge is 2.14. The van der Waals surface area contributed by atoms with Gasteiger partial charge in [-0.1, -0.05) is 47.0 Å². The molecule has 0 spiro atoms. The third kappa shape index (κ3) is 7.27. The first kappa shape index (κ1) is 16.0. The van der Waals surface area contributed by atoms with E-state index in [1.165, 1.54) is 32.1 Å². The molecule has 0 aromatic heterocycles. The van der Waals surface area contributed by atoms with Gasteiger partial charge in [-0.15, -0.1) is 0 Å². The van der Waals surface area contributed by atoms with Crippen LogP contribution in [0.1, 0.15) is 66.7 Å². The molecule has 0 aliphatic rings. The summed E-state index contributed by atoms with van der Waals surface area (Å²) in [5, 5.41) is 0. The highest BCUT2D eigenvalue weighted by Crippen LogP contribution is 2.25. The molecule has 0 aliphatic carbocycles. The van der Waals surface area contributed by atoms with Gasteiger partial charge < -0.3 is 4.74 Å². The molecule has 0 aromatic carbocycles. The largest absolute Gasteiger partial charge is 0.382 e. The summed E-state index contributed by atoms with van der Waals surface area (Å²) in [6.45, 7) is 11.6. The van der Waals surface area contributed by atoms with Gasteiger partial charge in [0.05, 0.1) is 6.10 Å². The molecule has 0 aromatic rings. The molecule has 0 N–H and O–H groups in total. The van der Waals surface area contributed by atoms with Crippen molar-refractivity contribution in [3.05, 3.63) is 0 Å². The minimum atomic E-state index is 0.421. The quantitative estimate of drug-likeness (QED) is 0.545. The van der Waals surface area contributed by atoms with Gasteiger partial charge in [0, 0.05) is 7.11 Å². The molecule has 1 nitrogen and oxygen atoms in total. The van der Waals surface area contributed by atoms with E-state index in [0.717, 1.165) is 17.8 Å². The van der Waals surface area contributed by atoms with Crippen molar-refractivity contribution in [1.29, 1.82) is 0 Å². The predicted molar refractivity (Wildman–Crippen MR) is 72.7 cm³/mol. The Labute approximate surface area is 103 Å². The molecule has 0 bridgehead atoms. The Morgan fingerprint density at radius 2 is 1.31 bits per heavy atom. The molecule has 4 atom stereocenters. The molecule has 0 aliphatic heterocycles. The lowest BCUT2D eigenvalue weighted by Crippen LogP contribution is -2.13. The van der Waals surface area contributed by atoms with E-state index in [-0.39, 0.29) is 0 Å². The van der Waals surface area contributed by atoms with Crippen LogP contribution in [-0.4, -0.2) is 13.2 Å². The van der Waals surface area contributed by atoms with Crippen molar-refractivity contribution in [2.24, 2.45) is 17.8 Å². The average Bonchev–Trinajstić information content (AvgIpc) is 2.31. The number of ether oxygens (including phenoxy) is 1. The molecule has 0 saturated heterocycles. The lowest BCUT2D eigenvalue weighted by atomic mass is 9.85. The first-order chi connectivity index (χ1) is 7.51. The van der Waals surface area contributed by atoms with Gasteiger partial charge in [0.2, 0.25) is 0 Å². The maximum atomic E-state index is 5.30. The van der Waals surface area contributed by atoms with E-state index in [1.54, 1.807) is 0 Å². The normalized spacial score (nSPS) is 19.1. The van der Waals surface area contributed by atoms with Crippen LogP contribution in [0.4, 0.5) is 0 Å². The summed E-state index contributed by atoms with van der Waals surface area (Å²) in [7, 11) is 1.81. The fraction of sp³-hybridized carbons (Fsp3) is 1.00. The van der Waals surface area contributed by atoms with Gasteiger partial charge in [-0.25, -0.2) is 0 Å². The number of methoxy groups -OCH3 is 1. The highest BCUT2D eigenvalue weighted by molar-refractivity contribution is 4.65. The smallest absolute Gasteiger partial charge is 0.0543 e. The van der Waals surface area contributed by atoms with E-state index in [9.17, 15) is 0 Å². The van der Waals surface area contributed by atoms with Crippen molar-refractivity contribution in [1.82, 2.24) is 0 Å². The Bertz CT molecular complexity index is 138. The molecule has 0 saturated carbocycles. The third-order valence-corrected chi connectivity index (χ3v) is 4.21. The molecular weight excluding hydrogens is 196 g/mol. The maximum Gasteiger partial charge on any atom is 0.0543 e. The van der Waals surface area contributed by atoms with E-state index < -0.39 is 0 Å². The molecule has 1 heteroatoms. The Balaban J connectivity index is 3.68. The molecule has 0 heterocycles. The summed E-state index contributed by atoms with van der Waals surface area (Å²) in [6.07, 6.45) is 7.02. The standard InChI is InChI=1S/C15H32O/c1-7-12(2)8-9-13(3)14(4)10-11-15(5)16-6/h12-15H,7-11H2,1-6H3/t12-,13?,14?,15-/m1/s1. The van der Waals surface area contributed by atoms with Gasteiger partial charge in [-0.2, -0.15) is 0 Å². The summed E-state index contributed by atoms with van der Waals surface area (Å²) in [5.74, 6) is 2.59. The van der Waals surface area contributed by atoms with Crippen LogP contribution in [0.15, 0.2) is 0 Å². The highest BCUT2D eigenvalue weighted by atomic mass is 16.5. The molecule has 0 rings (SSSR count). The van der Waals surface area contributed by atoms with Crippen LogP contribution in [-0.2, 0) is 4.74 Å². The maximum absolute atomic E-state index is 5.30. The van der Waals surface area contributed by atoms with Crippen LogP contribution in [0.2, 0.25) is 0 Å². The van der Waals surface area contributed by atoms with Crippen molar-refractivity contribution >= 4 is 0 Å². The third-order valence-electron chi connectivity index (χ3n) is 4.21. The molecule has 0 amide bonds. The lowest BCUT2D eigenvalue weighted by molar-refractivity contribution is 0.101. The number of hydrogen-bond acceptors (Lipinski definition) is 1. The monoisotopic (exact) mass is 228 g/mol. The first-order valence-corrected chi connectivity index (χ1v) is 7.04. The SMILES string of the molecule is CC[C@@H](C)CCC(C)C(C)CC[C@@H](C)OC. The van der Waals surface area contributed by atoms with Crippen LogP contribution in [0.3, 0.4) is 0 Å². The molecule has 16 heavy (non-hydrogen) atoms. The zero-order chi connectivity index (χ0) is 12.6. The fourth-order valence-electron chi connectivity index (χ4n) is 1.94. The van der Waals surface area contributed by atoms with E-state index in [2.05, 4.69) is 34.6 Å². The summed E-state index contributed by atoms with van der Waals surface area (Å²) in [6, 6.07) is 0. The van der Waals surface area contributed by atoms with Gasteiger partial charge >= 0.3 is 0 Å². The number of rotatable bonds is 9. The first-order valence-electron chi connectivity index (χ1n) is 7.04. The number of hydrogen-bond donors (Lipinski definition) is 0. The van der Waals surface area contributed by atoms with Gasteiger partial charge in [0.1, 0.15) is 0 Å². The minimum absolute atomic E-state index is 0.421. The zero-order valence-corrected chi connectivity index (χ0v) is 12.3. The minimum Gasteiger partial charge on any atom is -0.382 e. The van der Waals surface area contributed by atoms with E-state index in [0.29, 0.717) is 6.10 Å². The van der Waals surface area contributed by atoms with Crippen LogP contribution < -0.4 is 0 Å². The lowest BCUT2D eigenvalue weighted by Gasteiger charge is -2.22. The summed E-state index contributed by atoms with van der Waals surface area (Å²) in [5.41, 5.74) is 0. The Morgan fingerprint density at radius 3 is 1.75 bits per heavy atom. The van der Waals surface area contributed by atoms with Crippen molar-refractivity contribution < 1.29 is 4.74 Å². The van der Waals surface area contributed by atoms with Crippen LogP contribution in [0, 0.1) is 17.8 Å². The van der Waals surface area contributed by atoms with Gasteiger partial charge in [-0.05, 0) is 37.5 Å². The Hall–Kier alpha value is -0.0400. The molecule has 2 unspecified atom stereocenters. The predicted octanol–water partition coefficient (Wildman–Crippen LogP) is 4.90. The van der Waals surface area contributed by atoms with Gasteiger partial charge in [0.25, 0.3) is 0 Å². The molecule has 0 fully saturated rings. The molecule has 0 radical (unpaired) electrons. The van der Waals surface area contributed by atoms with Crippen LogP contribution >= 0.6 is 0 Å². The average molecular weight is 228 g/mol. The Morgan fingerprint density at radius 1 is 0.812 bits per heavy atom. The second-order valence-corrected chi connectivity index (χ2v) is 5.67. The van der Waals surface area contributed by atoms with Gasteiger partial charge in [0.15, 0.2) is 0 Å². The fourth-order valence-corrected chi connectivity index (χ4v) is 1.94. The van der Waals surface area contributed by atoms with E-state index in [1.807, 2.05) is 7.11 Å². The van der Waals surface area contributed by atoms with Crippen molar-refractivity contribution in [2.45, 2.75) is 72.8 Å². The molecular formula is C15H32O. The van der Waals surface area contributed by atoms with Crippen molar-refractivity contribution in [3.8, 4) is 0 Å². The van der Waals surface area contributed by atoms with Crippen molar-refractivity contribution in [2.75, 3.05) is 7.11 Å². The van der Waals surface area contributed by atoms with Crippen LogP contribution in [0.5, 0.6) is 0 Å². The second kappa shape index (κ2) is 9.04. The summed E-state index contributed by atoms with van der Waals surface area (Å²) in [4.78, 5) is 0. The van der Waals surface area contributed by atoms with E-state index >= 15 is 0 Å². The van der Waals surface area contributed by atoms with E-state index in [4.69, 9.17) is 4.74 Å². The van der Waals surface area contributed by atoms with Crippen molar-refractivity contribution in [3.63, 3.8) is 0 Å². The second-order valence-electron chi connectivity index (χ2n) is 5.67. The summed E-state index contributed by atoms with van der Waals surface area (Å²) >= 11 is 0. The summed E-state index contributed by atoms with van der Waals surface area (Å²) < 4.78 is 5.30. The van der Waals surface area contributed by atoms with Crippen LogP contribution in [0.25, 0.3) is 0 Å². The zero-order valence-electron chi connectivity index (χ0n) is 12.3. The van der Waals surface area contributed by atoms with Gasteiger partial charge in [-0.3, -0.25) is 0 Å². The topological polar surface area (TPSA) is 9.23 Å². The Kier molecular flexibility index (Phi) is 9.02. The molecule has 98 valence electrons.